The molecule has 0 saturated heterocycles. The second-order valence-electron chi connectivity index (χ2n) is 6.55. The summed E-state index contributed by atoms with van der Waals surface area (Å²) in [5.74, 6) is 0.127. The molecule has 152 valence electrons. The molecule has 3 rings (SSSR count). The Hall–Kier alpha value is -3.55. The van der Waals surface area contributed by atoms with Crippen LogP contribution in [0.5, 0.6) is 11.5 Å². The minimum absolute atomic E-state index is 0.141. The minimum Gasteiger partial charge on any atom is -0.493 e. The predicted octanol–water partition coefficient (Wildman–Crippen LogP) is 1.50. The monoisotopic (exact) mass is 397 g/mol. The molecule has 29 heavy (non-hydrogen) atoms. The van der Waals surface area contributed by atoms with Gasteiger partial charge in [-0.05, 0) is 36.2 Å². The molecule has 0 aromatic heterocycles. The number of carbonyl (C=O) groups excluding carboxylic acids is 3. The molecule has 0 aliphatic carbocycles. The molecule has 0 radical (unpaired) electrons. The number of benzene rings is 2. The number of rotatable bonds is 7. The van der Waals surface area contributed by atoms with Gasteiger partial charge in [-0.15, -0.1) is 0 Å². The lowest BCUT2D eigenvalue weighted by Gasteiger charge is -2.14. The molecule has 0 fully saturated rings. The van der Waals surface area contributed by atoms with Gasteiger partial charge in [0.05, 0.1) is 31.9 Å². The largest absolute Gasteiger partial charge is 0.493 e. The van der Waals surface area contributed by atoms with Crippen molar-refractivity contribution in [2.24, 2.45) is 0 Å². The molecule has 0 saturated carbocycles. The first-order valence-electron chi connectivity index (χ1n) is 9.20. The van der Waals surface area contributed by atoms with E-state index in [0.717, 1.165) is 5.56 Å². The highest BCUT2D eigenvalue weighted by Crippen LogP contribution is 2.27. The van der Waals surface area contributed by atoms with Crippen molar-refractivity contribution in [2.45, 2.75) is 18.9 Å². The quantitative estimate of drug-likeness (QED) is 0.657. The number of anilines is 1. The van der Waals surface area contributed by atoms with Crippen molar-refractivity contribution in [1.29, 1.82) is 0 Å². The molecule has 2 aromatic carbocycles. The van der Waals surface area contributed by atoms with Crippen LogP contribution in [0.1, 0.15) is 22.3 Å². The van der Waals surface area contributed by atoms with Crippen LogP contribution in [-0.2, 0) is 16.0 Å². The smallest absolute Gasteiger partial charge is 0.254 e. The number of para-hydroxylation sites is 1. The number of amides is 3. The second-order valence-corrected chi connectivity index (χ2v) is 6.55. The Labute approximate surface area is 168 Å². The fraction of sp³-hybridized carbons (Fsp3) is 0.286. The van der Waals surface area contributed by atoms with Crippen molar-refractivity contribution >= 4 is 23.4 Å². The van der Waals surface area contributed by atoms with E-state index in [1.807, 2.05) is 12.1 Å². The first kappa shape index (κ1) is 20.2. The highest BCUT2D eigenvalue weighted by Gasteiger charge is 2.29. The summed E-state index contributed by atoms with van der Waals surface area (Å²) in [4.78, 5) is 36.9. The zero-order valence-corrected chi connectivity index (χ0v) is 16.3. The molecule has 3 amide bonds. The molecule has 1 unspecified atom stereocenters. The summed E-state index contributed by atoms with van der Waals surface area (Å²) >= 11 is 0. The number of ether oxygens (including phenoxy) is 2. The molecule has 1 heterocycles. The van der Waals surface area contributed by atoms with E-state index < -0.39 is 11.9 Å². The SMILES string of the molecule is COc1ccc(CCNC(=O)CC2NC(=O)c3ccccc3NC2=O)cc1OC. The van der Waals surface area contributed by atoms with Crippen LogP contribution in [0.2, 0.25) is 0 Å². The van der Waals surface area contributed by atoms with E-state index in [1.54, 1.807) is 44.6 Å². The van der Waals surface area contributed by atoms with Crippen LogP contribution in [0.15, 0.2) is 42.5 Å². The van der Waals surface area contributed by atoms with E-state index in [1.165, 1.54) is 0 Å². The summed E-state index contributed by atoms with van der Waals surface area (Å²) in [6.07, 6.45) is 0.443. The average Bonchev–Trinajstić information content (AvgIpc) is 2.84. The molecule has 1 aliphatic rings. The van der Waals surface area contributed by atoms with Crippen LogP contribution in [0.25, 0.3) is 0 Å². The number of hydrogen-bond acceptors (Lipinski definition) is 5. The van der Waals surface area contributed by atoms with Crippen molar-refractivity contribution < 1.29 is 23.9 Å². The maximum absolute atomic E-state index is 12.4. The van der Waals surface area contributed by atoms with Gasteiger partial charge in [-0.2, -0.15) is 0 Å². The van der Waals surface area contributed by atoms with Gasteiger partial charge < -0.3 is 25.4 Å². The lowest BCUT2D eigenvalue weighted by Crippen LogP contribution is -2.44. The van der Waals surface area contributed by atoms with E-state index in [0.29, 0.717) is 35.7 Å². The summed E-state index contributed by atoms with van der Waals surface area (Å²) in [5, 5.41) is 8.07. The Kier molecular flexibility index (Phi) is 6.33. The Bertz CT molecular complexity index is 928. The Balaban J connectivity index is 1.53. The van der Waals surface area contributed by atoms with Crippen molar-refractivity contribution in [3.05, 3.63) is 53.6 Å². The lowest BCUT2D eigenvalue weighted by atomic mass is 10.1. The predicted molar refractivity (Wildman–Crippen MR) is 107 cm³/mol. The number of hydrogen-bond donors (Lipinski definition) is 3. The summed E-state index contributed by atoms with van der Waals surface area (Å²) in [5.41, 5.74) is 1.78. The summed E-state index contributed by atoms with van der Waals surface area (Å²) in [7, 11) is 3.13. The van der Waals surface area contributed by atoms with Crippen molar-refractivity contribution in [3.63, 3.8) is 0 Å². The van der Waals surface area contributed by atoms with Crippen LogP contribution in [0.3, 0.4) is 0 Å². The van der Waals surface area contributed by atoms with E-state index in [9.17, 15) is 14.4 Å². The second kappa shape index (κ2) is 9.09. The Morgan fingerprint density at radius 1 is 1.07 bits per heavy atom. The van der Waals surface area contributed by atoms with Gasteiger partial charge >= 0.3 is 0 Å². The first-order valence-corrected chi connectivity index (χ1v) is 9.20. The molecule has 8 nitrogen and oxygen atoms in total. The number of methoxy groups -OCH3 is 2. The topological polar surface area (TPSA) is 106 Å². The number of fused-ring (bicyclic) bond motifs is 1. The highest BCUT2D eigenvalue weighted by atomic mass is 16.5. The third kappa shape index (κ3) is 4.84. The van der Waals surface area contributed by atoms with Gasteiger partial charge in [0.2, 0.25) is 11.8 Å². The van der Waals surface area contributed by atoms with E-state index in [4.69, 9.17) is 9.47 Å². The van der Waals surface area contributed by atoms with Crippen LogP contribution in [-0.4, -0.2) is 44.5 Å². The van der Waals surface area contributed by atoms with Gasteiger partial charge in [0.25, 0.3) is 5.91 Å². The normalized spacial score (nSPS) is 15.4. The molecular weight excluding hydrogens is 374 g/mol. The van der Waals surface area contributed by atoms with Crippen LogP contribution < -0.4 is 25.4 Å². The van der Waals surface area contributed by atoms with Crippen molar-refractivity contribution in [3.8, 4) is 11.5 Å². The van der Waals surface area contributed by atoms with E-state index in [2.05, 4.69) is 16.0 Å². The average molecular weight is 397 g/mol. The van der Waals surface area contributed by atoms with Gasteiger partial charge in [-0.25, -0.2) is 0 Å². The minimum atomic E-state index is -0.934. The first-order chi connectivity index (χ1) is 14.0. The maximum atomic E-state index is 12.4. The van der Waals surface area contributed by atoms with Crippen LogP contribution in [0.4, 0.5) is 5.69 Å². The van der Waals surface area contributed by atoms with Gasteiger partial charge in [-0.3, -0.25) is 14.4 Å². The van der Waals surface area contributed by atoms with Crippen molar-refractivity contribution in [1.82, 2.24) is 10.6 Å². The summed E-state index contributed by atoms with van der Waals surface area (Å²) in [6.45, 7) is 0.386. The van der Waals surface area contributed by atoms with Gasteiger partial charge in [0.15, 0.2) is 11.5 Å². The standard InChI is InChI=1S/C21H23N3O5/c1-28-17-8-7-13(11-18(17)29-2)9-10-22-19(25)12-16-21(27)23-15-6-4-3-5-14(15)20(26)24-16/h3-8,11,16H,9-10,12H2,1-2H3,(H,22,25)(H,23,27)(H,24,26). The molecule has 1 aliphatic heterocycles. The zero-order chi connectivity index (χ0) is 20.8. The maximum Gasteiger partial charge on any atom is 0.254 e. The molecule has 0 bridgehead atoms. The summed E-state index contributed by atoms with van der Waals surface area (Å²) in [6, 6.07) is 11.3. The Morgan fingerprint density at radius 3 is 2.59 bits per heavy atom. The molecular formula is C21H23N3O5. The van der Waals surface area contributed by atoms with E-state index in [-0.39, 0.29) is 18.2 Å². The third-order valence-corrected chi connectivity index (χ3v) is 4.62. The molecule has 8 heteroatoms. The fourth-order valence-corrected chi connectivity index (χ4v) is 3.10. The van der Waals surface area contributed by atoms with Crippen LogP contribution >= 0.6 is 0 Å². The van der Waals surface area contributed by atoms with Gasteiger partial charge in [0.1, 0.15) is 6.04 Å². The molecule has 2 aromatic rings. The fourth-order valence-electron chi connectivity index (χ4n) is 3.10. The van der Waals surface area contributed by atoms with Crippen molar-refractivity contribution in [2.75, 3.05) is 26.1 Å². The number of nitrogens with one attached hydrogen (secondary N) is 3. The molecule has 1 atom stereocenters. The molecule has 3 N–H and O–H groups in total. The van der Waals surface area contributed by atoms with Gasteiger partial charge in [-0.1, -0.05) is 18.2 Å². The Morgan fingerprint density at radius 2 is 1.83 bits per heavy atom. The van der Waals surface area contributed by atoms with E-state index >= 15 is 0 Å². The molecule has 0 spiro atoms. The summed E-state index contributed by atoms with van der Waals surface area (Å²) < 4.78 is 10.5. The third-order valence-electron chi connectivity index (χ3n) is 4.62. The van der Waals surface area contributed by atoms with Gasteiger partial charge in [0, 0.05) is 6.54 Å². The van der Waals surface area contributed by atoms with Crippen LogP contribution in [0, 0.1) is 0 Å². The number of carbonyl (C=O) groups is 3. The lowest BCUT2D eigenvalue weighted by molar-refractivity contribution is -0.125. The highest BCUT2D eigenvalue weighted by molar-refractivity contribution is 6.10. The zero-order valence-electron chi connectivity index (χ0n) is 16.3.